The number of benzene rings is 2. The van der Waals surface area contributed by atoms with Gasteiger partial charge in [0, 0.05) is 31.7 Å². The van der Waals surface area contributed by atoms with Crippen LogP contribution in [0.15, 0.2) is 53.1 Å². The third-order valence-electron chi connectivity index (χ3n) is 5.87. The maximum Gasteiger partial charge on any atom is 0.267 e. The molecule has 2 aromatic carbocycles. The van der Waals surface area contributed by atoms with E-state index >= 15 is 0 Å². The molecule has 1 atom stereocenters. The van der Waals surface area contributed by atoms with E-state index in [9.17, 15) is 9.59 Å². The van der Waals surface area contributed by atoms with E-state index in [1.807, 2.05) is 30.3 Å². The SMILES string of the molecule is Cc1onc(-c2ccccc2Cl)c1C(=O)N1CCN(C(=O)[C@H]2COc3ccccc3O2)CC1. The van der Waals surface area contributed by atoms with Crippen molar-refractivity contribution in [2.75, 3.05) is 32.8 Å². The van der Waals surface area contributed by atoms with Gasteiger partial charge in [0.2, 0.25) is 6.10 Å². The van der Waals surface area contributed by atoms with Gasteiger partial charge in [-0.2, -0.15) is 0 Å². The normalized spacial score (nSPS) is 17.7. The number of carbonyl (C=O) groups is 2. The smallest absolute Gasteiger partial charge is 0.267 e. The van der Waals surface area contributed by atoms with Crippen molar-refractivity contribution in [3.8, 4) is 22.8 Å². The molecule has 0 unspecified atom stereocenters. The number of aromatic nitrogens is 1. The molecule has 170 valence electrons. The monoisotopic (exact) mass is 467 g/mol. The standard InChI is InChI=1S/C24H22ClN3O5/c1-15-21(22(26-33-15)16-6-2-3-7-17(16)25)24(30)28-12-10-27(11-13-28)23(29)20-14-31-18-8-4-5-9-19(18)32-20/h2-9,20H,10-14H2,1H3/t20-/m1/s1. The lowest BCUT2D eigenvalue weighted by Crippen LogP contribution is -2.55. The summed E-state index contributed by atoms with van der Waals surface area (Å²) in [5.41, 5.74) is 1.46. The Morgan fingerprint density at radius 3 is 2.39 bits per heavy atom. The van der Waals surface area contributed by atoms with Crippen LogP contribution in [0.25, 0.3) is 11.3 Å². The van der Waals surface area contributed by atoms with Crippen molar-refractivity contribution in [1.29, 1.82) is 0 Å². The summed E-state index contributed by atoms with van der Waals surface area (Å²) in [5, 5.41) is 4.58. The van der Waals surface area contributed by atoms with Crippen molar-refractivity contribution in [2.45, 2.75) is 13.0 Å². The van der Waals surface area contributed by atoms with Crippen LogP contribution in [0.2, 0.25) is 5.02 Å². The summed E-state index contributed by atoms with van der Waals surface area (Å²) < 4.78 is 16.8. The second-order valence-electron chi connectivity index (χ2n) is 7.92. The van der Waals surface area contributed by atoms with Gasteiger partial charge in [0.25, 0.3) is 11.8 Å². The number of amides is 2. The number of carbonyl (C=O) groups excluding carboxylic acids is 2. The Labute approximate surface area is 195 Å². The van der Waals surface area contributed by atoms with Crippen molar-refractivity contribution in [3.05, 3.63) is 64.9 Å². The first-order valence-electron chi connectivity index (χ1n) is 10.7. The zero-order valence-electron chi connectivity index (χ0n) is 18.0. The Morgan fingerprint density at radius 2 is 1.64 bits per heavy atom. The highest BCUT2D eigenvalue weighted by molar-refractivity contribution is 6.33. The number of fused-ring (bicyclic) bond motifs is 1. The number of rotatable bonds is 3. The highest BCUT2D eigenvalue weighted by Gasteiger charge is 2.35. The molecule has 1 fully saturated rings. The molecule has 0 N–H and O–H groups in total. The van der Waals surface area contributed by atoms with E-state index in [2.05, 4.69) is 5.16 Å². The molecule has 3 aromatic rings. The molecule has 5 rings (SSSR count). The van der Waals surface area contributed by atoms with Gasteiger partial charge >= 0.3 is 0 Å². The Balaban J connectivity index is 1.26. The van der Waals surface area contributed by atoms with E-state index in [0.717, 1.165) is 0 Å². The molecule has 1 aromatic heterocycles. The molecule has 3 heterocycles. The maximum absolute atomic E-state index is 13.3. The molecule has 2 aliphatic heterocycles. The molecule has 2 aliphatic rings. The average molecular weight is 468 g/mol. The molecule has 0 bridgehead atoms. The molecule has 0 spiro atoms. The predicted octanol–water partition coefficient (Wildman–Crippen LogP) is 3.43. The molecule has 2 amide bonds. The summed E-state index contributed by atoms with van der Waals surface area (Å²) in [6.45, 7) is 3.45. The van der Waals surface area contributed by atoms with Crippen LogP contribution >= 0.6 is 11.6 Å². The Morgan fingerprint density at radius 1 is 0.970 bits per heavy atom. The summed E-state index contributed by atoms with van der Waals surface area (Å²) in [6, 6.07) is 14.5. The molecule has 9 heteroatoms. The van der Waals surface area contributed by atoms with E-state index in [1.165, 1.54) is 0 Å². The summed E-state index contributed by atoms with van der Waals surface area (Å²) in [4.78, 5) is 29.7. The first kappa shape index (κ1) is 21.3. The fourth-order valence-corrected chi connectivity index (χ4v) is 4.32. The lowest BCUT2D eigenvalue weighted by atomic mass is 10.0. The predicted molar refractivity (Wildman–Crippen MR) is 121 cm³/mol. The van der Waals surface area contributed by atoms with Gasteiger partial charge in [-0.3, -0.25) is 9.59 Å². The number of hydrogen-bond donors (Lipinski definition) is 0. The van der Waals surface area contributed by atoms with Crippen molar-refractivity contribution >= 4 is 23.4 Å². The van der Waals surface area contributed by atoms with E-state index in [1.54, 1.807) is 34.9 Å². The van der Waals surface area contributed by atoms with Crippen LogP contribution in [0.4, 0.5) is 0 Å². The zero-order chi connectivity index (χ0) is 22.9. The Kier molecular flexibility index (Phi) is 5.68. The van der Waals surface area contributed by atoms with E-state index in [0.29, 0.717) is 65.3 Å². The van der Waals surface area contributed by atoms with Crippen molar-refractivity contribution in [1.82, 2.24) is 15.0 Å². The first-order valence-corrected chi connectivity index (χ1v) is 11.1. The Hall–Kier alpha value is -3.52. The number of nitrogens with zero attached hydrogens (tertiary/aromatic N) is 3. The van der Waals surface area contributed by atoms with Gasteiger partial charge in [-0.15, -0.1) is 0 Å². The van der Waals surface area contributed by atoms with Gasteiger partial charge in [-0.25, -0.2) is 0 Å². The number of para-hydroxylation sites is 2. The molecule has 33 heavy (non-hydrogen) atoms. The zero-order valence-corrected chi connectivity index (χ0v) is 18.7. The highest BCUT2D eigenvalue weighted by atomic mass is 35.5. The van der Waals surface area contributed by atoms with Gasteiger partial charge < -0.3 is 23.8 Å². The topological polar surface area (TPSA) is 85.1 Å². The second kappa shape index (κ2) is 8.78. The molecular formula is C24H22ClN3O5. The highest BCUT2D eigenvalue weighted by Crippen LogP contribution is 2.33. The second-order valence-corrected chi connectivity index (χ2v) is 8.33. The fraction of sp³-hybridized carbons (Fsp3) is 0.292. The number of aryl methyl sites for hydroxylation is 1. The summed E-state index contributed by atoms with van der Waals surface area (Å²) >= 11 is 6.32. The molecule has 8 nitrogen and oxygen atoms in total. The van der Waals surface area contributed by atoms with E-state index < -0.39 is 6.10 Å². The van der Waals surface area contributed by atoms with Crippen LogP contribution in [0.5, 0.6) is 11.5 Å². The molecular weight excluding hydrogens is 446 g/mol. The molecule has 1 saturated heterocycles. The summed E-state index contributed by atoms with van der Waals surface area (Å²) in [7, 11) is 0. The van der Waals surface area contributed by atoms with Crippen LogP contribution in [0, 0.1) is 6.92 Å². The third kappa shape index (κ3) is 4.02. The number of hydrogen-bond acceptors (Lipinski definition) is 6. The van der Waals surface area contributed by atoms with Gasteiger partial charge in [0.1, 0.15) is 23.6 Å². The first-order chi connectivity index (χ1) is 16.0. The maximum atomic E-state index is 13.3. The van der Waals surface area contributed by atoms with Crippen molar-refractivity contribution in [2.24, 2.45) is 0 Å². The fourth-order valence-electron chi connectivity index (χ4n) is 4.09. The molecule has 0 aliphatic carbocycles. The van der Waals surface area contributed by atoms with Crippen LogP contribution in [0.3, 0.4) is 0 Å². The summed E-state index contributed by atoms with van der Waals surface area (Å²) in [6.07, 6.45) is -0.700. The van der Waals surface area contributed by atoms with Crippen LogP contribution < -0.4 is 9.47 Å². The minimum atomic E-state index is -0.700. The van der Waals surface area contributed by atoms with Crippen molar-refractivity contribution < 1.29 is 23.6 Å². The Bertz CT molecular complexity index is 1200. The molecule has 0 saturated carbocycles. The van der Waals surface area contributed by atoms with Gasteiger partial charge in [-0.05, 0) is 25.1 Å². The van der Waals surface area contributed by atoms with Gasteiger partial charge in [0.15, 0.2) is 11.5 Å². The van der Waals surface area contributed by atoms with Crippen LogP contribution in [-0.2, 0) is 4.79 Å². The lowest BCUT2D eigenvalue weighted by Gasteiger charge is -2.37. The van der Waals surface area contributed by atoms with E-state index in [4.69, 9.17) is 25.6 Å². The van der Waals surface area contributed by atoms with Gasteiger partial charge in [-0.1, -0.05) is 47.1 Å². The summed E-state index contributed by atoms with van der Waals surface area (Å²) in [5.74, 6) is 1.29. The largest absolute Gasteiger partial charge is 0.485 e. The number of piperazine rings is 1. The third-order valence-corrected chi connectivity index (χ3v) is 6.20. The quantitative estimate of drug-likeness (QED) is 0.586. The van der Waals surface area contributed by atoms with Crippen LogP contribution in [-0.4, -0.2) is 65.7 Å². The molecule has 0 radical (unpaired) electrons. The van der Waals surface area contributed by atoms with Gasteiger partial charge in [0.05, 0.1) is 5.02 Å². The number of halogens is 1. The van der Waals surface area contributed by atoms with Crippen LogP contribution in [0.1, 0.15) is 16.1 Å². The van der Waals surface area contributed by atoms with E-state index in [-0.39, 0.29) is 18.4 Å². The average Bonchev–Trinajstić information content (AvgIpc) is 3.24. The number of ether oxygens (including phenoxy) is 2. The minimum absolute atomic E-state index is 0.144. The lowest BCUT2D eigenvalue weighted by molar-refractivity contribution is -0.142. The minimum Gasteiger partial charge on any atom is -0.485 e. The van der Waals surface area contributed by atoms with Crippen molar-refractivity contribution in [3.63, 3.8) is 0 Å².